The van der Waals surface area contributed by atoms with E-state index in [0.717, 1.165) is 10.7 Å². The van der Waals surface area contributed by atoms with Gasteiger partial charge in [-0.05, 0) is 48.1 Å². The van der Waals surface area contributed by atoms with Crippen molar-refractivity contribution in [3.63, 3.8) is 0 Å². The first-order valence-electron chi connectivity index (χ1n) is 7.40. The van der Waals surface area contributed by atoms with E-state index in [1.165, 1.54) is 16.7 Å². The van der Waals surface area contributed by atoms with Crippen LogP contribution in [0.1, 0.15) is 50.4 Å². The van der Waals surface area contributed by atoms with E-state index in [0.29, 0.717) is 0 Å². The van der Waals surface area contributed by atoms with Crippen LogP contribution in [0.5, 0.6) is 0 Å². The highest BCUT2D eigenvalue weighted by atomic mass is 35.5. The van der Waals surface area contributed by atoms with Crippen LogP contribution in [-0.4, -0.2) is 0 Å². The van der Waals surface area contributed by atoms with Gasteiger partial charge in [-0.2, -0.15) is 0 Å². The van der Waals surface area contributed by atoms with Crippen molar-refractivity contribution in [3.05, 3.63) is 64.2 Å². The SMILES string of the molecule is Cc1ccc(Cl)cc1NC(C)c1ccc(C(C)(C)C)cc1. The number of benzene rings is 2. The molecule has 1 N–H and O–H groups in total. The van der Waals surface area contributed by atoms with Gasteiger partial charge < -0.3 is 5.32 Å². The Morgan fingerprint density at radius 1 is 1.00 bits per heavy atom. The van der Waals surface area contributed by atoms with Crippen molar-refractivity contribution in [2.75, 3.05) is 5.32 Å². The van der Waals surface area contributed by atoms with Gasteiger partial charge in [0.1, 0.15) is 0 Å². The lowest BCUT2D eigenvalue weighted by Crippen LogP contribution is -2.12. The number of halogens is 1. The fourth-order valence-electron chi connectivity index (χ4n) is 2.34. The Balaban J connectivity index is 2.17. The van der Waals surface area contributed by atoms with Gasteiger partial charge in [-0.1, -0.05) is 62.7 Å². The number of hydrogen-bond donors (Lipinski definition) is 1. The molecule has 0 bridgehead atoms. The molecule has 2 aromatic carbocycles. The van der Waals surface area contributed by atoms with Crippen LogP contribution < -0.4 is 5.32 Å². The van der Waals surface area contributed by atoms with Crippen molar-refractivity contribution in [1.29, 1.82) is 0 Å². The Morgan fingerprint density at radius 3 is 2.19 bits per heavy atom. The first-order valence-corrected chi connectivity index (χ1v) is 7.78. The molecule has 21 heavy (non-hydrogen) atoms. The van der Waals surface area contributed by atoms with Crippen molar-refractivity contribution in [1.82, 2.24) is 0 Å². The Bertz CT molecular complexity index is 608. The van der Waals surface area contributed by atoms with Crippen molar-refractivity contribution >= 4 is 17.3 Å². The third-order valence-corrected chi connectivity index (χ3v) is 4.08. The van der Waals surface area contributed by atoms with E-state index in [1.807, 2.05) is 18.2 Å². The van der Waals surface area contributed by atoms with Crippen LogP contribution >= 0.6 is 11.6 Å². The number of rotatable bonds is 3. The molecule has 0 saturated heterocycles. The van der Waals surface area contributed by atoms with Crippen LogP contribution in [0.3, 0.4) is 0 Å². The largest absolute Gasteiger partial charge is 0.378 e. The van der Waals surface area contributed by atoms with E-state index in [2.05, 4.69) is 64.2 Å². The molecule has 0 fully saturated rings. The van der Waals surface area contributed by atoms with Crippen molar-refractivity contribution in [2.24, 2.45) is 0 Å². The quantitative estimate of drug-likeness (QED) is 0.720. The highest BCUT2D eigenvalue weighted by Crippen LogP contribution is 2.27. The van der Waals surface area contributed by atoms with Gasteiger partial charge >= 0.3 is 0 Å². The van der Waals surface area contributed by atoms with Gasteiger partial charge in [-0.25, -0.2) is 0 Å². The smallest absolute Gasteiger partial charge is 0.0485 e. The lowest BCUT2D eigenvalue weighted by Gasteiger charge is -2.21. The molecule has 0 aliphatic carbocycles. The van der Waals surface area contributed by atoms with Gasteiger partial charge in [0, 0.05) is 16.8 Å². The molecule has 112 valence electrons. The molecule has 0 radical (unpaired) electrons. The Morgan fingerprint density at radius 2 is 1.62 bits per heavy atom. The molecule has 1 unspecified atom stereocenters. The monoisotopic (exact) mass is 301 g/mol. The van der Waals surface area contributed by atoms with E-state index in [9.17, 15) is 0 Å². The minimum absolute atomic E-state index is 0.193. The fraction of sp³-hybridized carbons (Fsp3) is 0.368. The number of hydrogen-bond acceptors (Lipinski definition) is 1. The summed E-state index contributed by atoms with van der Waals surface area (Å²) in [6.45, 7) is 11.0. The molecule has 0 spiro atoms. The Kier molecular flexibility index (Phi) is 4.63. The normalized spacial score (nSPS) is 13.0. The lowest BCUT2D eigenvalue weighted by atomic mass is 9.86. The van der Waals surface area contributed by atoms with Crippen LogP contribution in [0.4, 0.5) is 5.69 Å². The van der Waals surface area contributed by atoms with E-state index in [4.69, 9.17) is 11.6 Å². The molecular weight excluding hydrogens is 278 g/mol. The number of nitrogens with one attached hydrogen (secondary N) is 1. The average molecular weight is 302 g/mol. The lowest BCUT2D eigenvalue weighted by molar-refractivity contribution is 0.589. The molecule has 2 aromatic rings. The number of anilines is 1. The van der Waals surface area contributed by atoms with E-state index >= 15 is 0 Å². The Labute approximate surface area is 133 Å². The zero-order valence-corrected chi connectivity index (χ0v) is 14.3. The summed E-state index contributed by atoms with van der Waals surface area (Å²) in [5.41, 5.74) is 5.13. The predicted octanol–water partition coefficient (Wildman–Crippen LogP) is 6.12. The average Bonchev–Trinajstić information content (AvgIpc) is 2.42. The van der Waals surface area contributed by atoms with Crippen LogP contribution in [0.15, 0.2) is 42.5 Å². The third kappa shape index (κ3) is 4.01. The molecule has 0 aliphatic rings. The second-order valence-corrected chi connectivity index (χ2v) is 7.13. The first-order chi connectivity index (χ1) is 9.77. The number of aryl methyl sites for hydroxylation is 1. The first kappa shape index (κ1) is 15.9. The van der Waals surface area contributed by atoms with E-state index < -0.39 is 0 Å². The maximum Gasteiger partial charge on any atom is 0.0485 e. The highest BCUT2D eigenvalue weighted by Gasteiger charge is 2.14. The van der Waals surface area contributed by atoms with Gasteiger partial charge in [0.05, 0.1) is 0 Å². The zero-order valence-electron chi connectivity index (χ0n) is 13.5. The van der Waals surface area contributed by atoms with Crippen molar-refractivity contribution in [2.45, 2.75) is 46.1 Å². The Hall–Kier alpha value is -1.47. The summed E-state index contributed by atoms with van der Waals surface area (Å²) in [6, 6.07) is 15.0. The minimum Gasteiger partial charge on any atom is -0.378 e. The predicted molar refractivity (Wildman–Crippen MR) is 93.4 cm³/mol. The van der Waals surface area contributed by atoms with Gasteiger partial charge in [-0.15, -0.1) is 0 Å². The molecule has 1 nitrogen and oxygen atoms in total. The standard InChI is InChI=1S/C19H24ClN/c1-13-6-11-17(20)12-18(13)21-14(2)15-7-9-16(10-8-15)19(3,4)5/h6-12,14,21H,1-5H3. The third-order valence-electron chi connectivity index (χ3n) is 3.85. The minimum atomic E-state index is 0.193. The maximum absolute atomic E-state index is 6.08. The molecule has 0 aromatic heterocycles. The second kappa shape index (κ2) is 6.11. The van der Waals surface area contributed by atoms with E-state index in [1.54, 1.807) is 0 Å². The van der Waals surface area contributed by atoms with Crippen LogP contribution in [0.2, 0.25) is 5.02 Å². The van der Waals surface area contributed by atoms with E-state index in [-0.39, 0.29) is 11.5 Å². The summed E-state index contributed by atoms with van der Waals surface area (Å²) in [5, 5.41) is 4.30. The maximum atomic E-state index is 6.08. The summed E-state index contributed by atoms with van der Waals surface area (Å²) < 4.78 is 0. The van der Waals surface area contributed by atoms with Gasteiger partial charge in [0.25, 0.3) is 0 Å². The van der Waals surface area contributed by atoms with Crippen molar-refractivity contribution in [3.8, 4) is 0 Å². The van der Waals surface area contributed by atoms with Gasteiger partial charge in [0.15, 0.2) is 0 Å². The molecular formula is C19H24ClN. The molecule has 0 heterocycles. The molecule has 0 amide bonds. The molecule has 1 atom stereocenters. The molecule has 0 aliphatic heterocycles. The van der Waals surface area contributed by atoms with Gasteiger partial charge in [-0.3, -0.25) is 0 Å². The summed E-state index contributed by atoms with van der Waals surface area (Å²) in [6.07, 6.45) is 0. The van der Waals surface area contributed by atoms with Crippen molar-refractivity contribution < 1.29 is 0 Å². The van der Waals surface area contributed by atoms with Crippen LogP contribution in [0.25, 0.3) is 0 Å². The van der Waals surface area contributed by atoms with Gasteiger partial charge in [0.2, 0.25) is 0 Å². The second-order valence-electron chi connectivity index (χ2n) is 6.70. The summed E-state index contributed by atoms with van der Waals surface area (Å²) in [5.74, 6) is 0. The summed E-state index contributed by atoms with van der Waals surface area (Å²) in [7, 11) is 0. The molecule has 2 rings (SSSR count). The zero-order chi connectivity index (χ0) is 15.6. The molecule has 2 heteroatoms. The molecule has 0 saturated carbocycles. The summed E-state index contributed by atoms with van der Waals surface area (Å²) >= 11 is 6.08. The summed E-state index contributed by atoms with van der Waals surface area (Å²) in [4.78, 5) is 0. The van der Waals surface area contributed by atoms with Crippen LogP contribution in [0, 0.1) is 6.92 Å². The topological polar surface area (TPSA) is 12.0 Å². The fourth-order valence-corrected chi connectivity index (χ4v) is 2.51. The van der Waals surface area contributed by atoms with Crippen LogP contribution in [-0.2, 0) is 5.41 Å². The highest BCUT2D eigenvalue weighted by molar-refractivity contribution is 6.30.